The van der Waals surface area contributed by atoms with Crippen LogP contribution in [0.3, 0.4) is 0 Å². The summed E-state index contributed by atoms with van der Waals surface area (Å²) in [5.74, 6) is 0. The number of nitro benzene ring substituents is 1. The Morgan fingerprint density at radius 2 is 1.95 bits per heavy atom. The van der Waals surface area contributed by atoms with Gasteiger partial charge in [0.25, 0.3) is 5.69 Å². The van der Waals surface area contributed by atoms with Crippen LogP contribution in [0.4, 0.5) is 16.5 Å². The van der Waals surface area contributed by atoms with Crippen molar-refractivity contribution < 1.29 is 4.92 Å². The zero-order valence-electron chi connectivity index (χ0n) is 20.0. The fourth-order valence-electron chi connectivity index (χ4n) is 5.37. The maximum absolute atomic E-state index is 11.0. The van der Waals surface area contributed by atoms with Gasteiger partial charge < -0.3 is 10.2 Å². The molecule has 9 heteroatoms. The number of aromatic nitrogens is 1. The monoisotopic (exact) mass is 527 g/mol. The maximum atomic E-state index is 11.0. The van der Waals surface area contributed by atoms with Crippen molar-refractivity contribution in [1.29, 1.82) is 0 Å². The molecular weight excluding hydrogens is 502 g/mol. The van der Waals surface area contributed by atoms with Gasteiger partial charge in [0.05, 0.1) is 26.9 Å². The highest BCUT2D eigenvalue weighted by molar-refractivity contribution is 8.14. The minimum absolute atomic E-state index is 0.0932. The Kier molecular flexibility index (Phi) is 5.62. The van der Waals surface area contributed by atoms with E-state index in [-0.39, 0.29) is 10.6 Å². The number of benzene rings is 3. The second kappa shape index (κ2) is 9.15. The molecule has 1 aliphatic heterocycles. The highest BCUT2D eigenvalue weighted by Crippen LogP contribution is 2.53. The number of nitrogens with one attached hydrogen (secondary N) is 1. The molecule has 1 aromatic heterocycles. The highest BCUT2D eigenvalue weighted by atomic mass is 32.2. The maximum Gasteiger partial charge on any atom is 0.270 e. The molecule has 1 saturated heterocycles. The van der Waals surface area contributed by atoms with E-state index in [4.69, 9.17) is 4.99 Å². The van der Waals surface area contributed by atoms with E-state index in [1.807, 2.05) is 11.8 Å². The summed E-state index contributed by atoms with van der Waals surface area (Å²) in [5.41, 5.74) is 6.10. The van der Waals surface area contributed by atoms with E-state index in [0.717, 1.165) is 40.4 Å². The molecule has 1 saturated carbocycles. The van der Waals surface area contributed by atoms with Gasteiger partial charge in [0.15, 0.2) is 10.3 Å². The van der Waals surface area contributed by atoms with E-state index in [9.17, 15) is 10.1 Å². The summed E-state index contributed by atoms with van der Waals surface area (Å²) >= 11 is 3.39. The number of amidine groups is 1. The fourth-order valence-corrected chi connectivity index (χ4v) is 7.78. The van der Waals surface area contributed by atoms with Gasteiger partial charge in [-0.05, 0) is 60.6 Å². The minimum atomic E-state index is -0.375. The van der Waals surface area contributed by atoms with Gasteiger partial charge in [0.2, 0.25) is 0 Å². The summed E-state index contributed by atoms with van der Waals surface area (Å²) in [4.78, 5) is 22.9. The zero-order chi connectivity index (χ0) is 24.9. The van der Waals surface area contributed by atoms with Crippen molar-refractivity contribution in [1.82, 2.24) is 9.88 Å². The molecule has 2 atom stereocenters. The average molecular weight is 528 g/mol. The number of hydrogen-bond acceptors (Lipinski definition) is 7. The first-order valence-electron chi connectivity index (χ1n) is 12.6. The molecule has 1 N–H and O–H groups in total. The molecule has 186 valence electrons. The van der Waals surface area contributed by atoms with Crippen LogP contribution in [-0.4, -0.2) is 37.8 Å². The Hall–Kier alpha value is -3.43. The third kappa shape index (κ3) is 4.36. The molecule has 7 nitrogen and oxygen atoms in total. The number of thiazole rings is 1. The molecule has 1 unspecified atom stereocenters. The van der Waals surface area contributed by atoms with Crippen LogP contribution in [-0.2, 0) is 12.8 Å². The molecular formula is C28H25N5O2S2. The summed E-state index contributed by atoms with van der Waals surface area (Å²) in [6.07, 6.45) is 4.52. The van der Waals surface area contributed by atoms with Crippen molar-refractivity contribution in [3.63, 3.8) is 0 Å². The Balaban J connectivity index is 1.01. The number of rotatable bonds is 7. The van der Waals surface area contributed by atoms with Crippen molar-refractivity contribution in [3.8, 4) is 0 Å². The molecule has 0 radical (unpaired) electrons. The lowest BCUT2D eigenvalue weighted by Gasteiger charge is -2.26. The summed E-state index contributed by atoms with van der Waals surface area (Å²) in [5, 5.41) is 16.9. The van der Waals surface area contributed by atoms with E-state index in [1.54, 1.807) is 12.1 Å². The predicted molar refractivity (Wildman–Crippen MR) is 151 cm³/mol. The number of thioether (sulfide) groups is 1. The smallest absolute Gasteiger partial charge is 0.270 e. The van der Waals surface area contributed by atoms with Crippen molar-refractivity contribution in [2.24, 2.45) is 4.99 Å². The van der Waals surface area contributed by atoms with Gasteiger partial charge in [-0.15, -0.1) is 0 Å². The lowest BCUT2D eigenvalue weighted by atomic mass is 10.1. The van der Waals surface area contributed by atoms with E-state index in [1.165, 1.54) is 52.1 Å². The molecule has 2 aliphatic carbocycles. The Labute approximate surface area is 222 Å². The lowest BCUT2D eigenvalue weighted by molar-refractivity contribution is -0.384. The zero-order valence-corrected chi connectivity index (χ0v) is 21.7. The van der Waals surface area contributed by atoms with E-state index >= 15 is 0 Å². The first kappa shape index (κ1) is 22.7. The molecule has 2 fully saturated rings. The predicted octanol–water partition coefficient (Wildman–Crippen LogP) is 6.72. The van der Waals surface area contributed by atoms with Gasteiger partial charge in [-0.3, -0.25) is 10.1 Å². The van der Waals surface area contributed by atoms with Crippen LogP contribution in [0.15, 0.2) is 71.7 Å². The van der Waals surface area contributed by atoms with Crippen LogP contribution in [0.2, 0.25) is 0 Å². The Morgan fingerprint density at radius 3 is 2.76 bits per heavy atom. The van der Waals surface area contributed by atoms with Crippen molar-refractivity contribution >= 4 is 55.0 Å². The summed E-state index contributed by atoms with van der Waals surface area (Å²) in [6.45, 7) is 0.740. The van der Waals surface area contributed by atoms with Crippen LogP contribution in [0, 0.1) is 10.1 Å². The second-order valence-corrected chi connectivity index (χ2v) is 12.0. The highest BCUT2D eigenvalue weighted by Gasteiger charge is 2.50. The van der Waals surface area contributed by atoms with Crippen LogP contribution in [0.1, 0.15) is 35.6 Å². The first-order chi connectivity index (χ1) is 18.1. The van der Waals surface area contributed by atoms with Crippen LogP contribution < -0.4 is 5.32 Å². The largest absolute Gasteiger partial charge is 0.361 e. The Morgan fingerprint density at radius 1 is 1.11 bits per heavy atom. The second-order valence-electron chi connectivity index (χ2n) is 9.81. The first-order valence-corrected chi connectivity index (χ1v) is 14.3. The third-order valence-corrected chi connectivity index (χ3v) is 9.51. The normalized spacial score (nSPS) is 21.4. The molecule has 0 amide bonds. The number of fused-ring (bicyclic) bond motifs is 4. The van der Waals surface area contributed by atoms with Gasteiger partial charge in [-0.25, -0.2) is 9.98 Å². The number of nitrogens with zero attached hydrogens (tertiary/aromatic N) is 4. The van der Waals surface area contributed by atoms with Crippen molar-refractivity contribution in [2.45, 2.75) is 43.0 Å². The number of nitro groups is 1. The molecule has 2 heterocycles. The molecule has 0 spiro atoms. The summed E-state index contributed by atoms with van der Waals surface area (Å²) in [6, 6.07) is 23.3. The van der Waals surface area contributed by atoms with Crippen LogP contribution in [0.5, 0.6) is 0 Å². The molecule has 37 heavy (non-hydrogen) atoms. The lowest BCUT2D eigenvalue weighted by Crippen LogP contribution is -2.30. The van der Waals surface area contributed by atoms with Gasteiger partial charge >= 0.3 is 0 Å². The minimum Gasteiger partial charge on any atom is -0.361 e. The van der Waals surface area contributed by atoms with Crippen molar-refractivity contribution in [3.05, 3.63) is 93.5 Å². The van der Waals surface area contributed by atoms with Gasteiger partial charge in [0, 0.05) is 30.0 Å². The van der Waals surface area contributed by atoms with Crippen LogP contribution >= 0.6 is 23.1 Å². The molecule has 3 aliphatic rings. The van der Waals surface area contributed by atoms with Gasteiger partial charge in [-0.2, -0.15) is 0 Å². The summed E-state index contributed by atoms with van der Waals surface area (Å²) < 4.78 is 0.817. The average Bonchev–Trinajstić information content (AvgIpc) is 3.41. The van der Waals surface area contributed by atoms with Crippen molar-refractivity contribution in [2.75, 3.05) is 11.9 Å². The number of hydrogen-bond donors (Lipinski definition) is 1. The standard InChI is InChI=1S/C28H25N5O2S2/c34-33(35)21-11-12-23-24(16-21)36-27(31-23)29-14-13-17-5-7-19(8-6-17)30-28-32(20-9-10-20)26-22-4-2-1-3-18(22)15-25(26)37-28/h1-8,11-12,16,20,25-26H,9-10,13-15H2,(H,29,31)/t25?,26-/m0/s1. The number of non-ortho nitro benzene ring substituents is 1. The Bertz CT molecular complexity index is 1530. The fraction of sp³-hybridized carbons (Fsp3) is 0.286. The van der Waals surface area contributed by atoms with E-state index in [0.29, 0.717) is 17.3 Å². The molecule has 0 bridgehead atoms. The quantitative estimate of drug-likeness (QED) is 0.212. The van der Waals surface area contributed by atoms with E-state index in [2.05, 4.69) is 63.7 Å². The molecule has 7 rings (SSSR count). The molecule has 4 aromatic rings. The summed E-state index contributed by atoms with van der Waals surface area (Å²) in [7, 11) is 0. The van der Waals surface area contributed by atoms with Crippen LogP contribution in [0.25, 0.3) is 10.2 Å². The van der Waals surface area contributed by atoms with Gasteiger partial charge in [-0.1, -0.05) is 59.5 Å². The molecule has 3 aromatic carbocycles. The SMILES string of the molecule is O=[N+]([O-])c1ccc2nc(NCCc3ccc(N=C4SC5Cc6ccccc6[C@@H]5N4C4CC4)cc3)sc2c1. The van der Waals surface area contributed by atoms with Gasteiger partial charge in [0.1, 0.15) is 0 Å². The topological polar surface area (TPSA) is 83.7 Å². The third-order valence-electron chi connectivity index (χ3n) is 7.30. The van der Waals surface area contributed by atoms with E-state index < -0.39 is 0 Å². The number of anilines is 1. The number of aliphatic imine (C=N–C) groups is 1.